The van der Waals surface area contributed by atoms with Crippen LogP contribution in [0.15, 0.2) is 49.1 Å². The van der Waals surface area contributed by atoms with Gasteiger partial charge >= 0.3 is 0 Å². The van der Waals surface area contributed by atoms with Crippen LogP contribution in [0.2, 0.25) is 5.02 Å². The zero-order chi connectivity index (χ0) is 25.1. The Labute approximate surface area is 215 Å². The van der Waals surface area contributed by atoms with Crippen LogP contribution in [0.1, 0.15) is 32.3 Å². The number of pyridine rings is 2. The van der Waals surface area contributed by atoms with E-state index >= 15 is 0 Å². The van der Waals surface area contributed by atoms with E-state index in [0.717, 1.165) is 55.0 Å². The fraction of sp³-hybridized carbons (Fsp3) is 0.346. The molecule has 1 aliphatic rings. The highest BCUT2D eigenvalue weighted by atomic mass is 35.5. The van der Waals surface area contributed by atoms with Gasteiger partial charge in [-0.3, -0.25) is 4.98 Å². The lowest BCUT2D eigenvalue weighted by Gasteiger charge is -2.33. The van der Waals surface area contributed by atoms with Crippen molar-refractivity contribution in [3.8, 4) is 6.07 Å². The molecule has 0 amide bonds. The van der Waals surface area contributed by atoms with E-state index in [-0.39, 0.29) is 6.04 Å². The number of rotatable bonds is 7. The summed E-state index contributed by atoms with van der Waals surface area (Å²) in [6.07, 6.45) is 8.92. The van der Waals surface area contributed by atoms with Crippen LogP contribution in [0.4, 0.5) is 23.3 Å². The number of hydrogen-bond donors (Lipinski definition) is 2. The minimum absolute atomic E-state index is 0.234. The van der Waals surface area contributed by atoms with E-state index in [2.05, 4.69) is 72.2 Å². The number of nitrogens with one attached hydrogen (secondary N) is 2. The molecule has 0 radical (unpaired) electrons. The number of nitrogens with zero attached hydrogens (tertiary/aromatic N) is 7. The molecule has 36 heavy (non-hydrogen) atoms. The predicted octanol–water partition coefficient (Wildman–Crippen LogP) is 5.23. The third-order valence-corrected chi connectivity index (χ3v) is 6.49. The number of fused-ring (bicyclic) bond motifs is 1. The smallest absolute Gasteiger partial charge is 0.229 e. The number of hydrogen-bond acceptors (Lipinski definition) is 8. The summed E-state index contributed by atoms with van der Waals surface area (Å²) >= 11 is 6.43. The van der Waals surface area contributed by atoms with Crippen LogP contribution in [-0.2, 0) is 6.54 Å². The van der Waals surface area contributed by atoms with Crippen molar-refractivity contribution < 1.29 is 0 Å². The van der Waals surface area contributed by atoms with Gasteiger partial charge < -0.3 is 20.1 Å². The van der Waals surface area contributed by atoms with Crippen LogP contribution in [0.5, 0.6) is 0 Å². The molecule has 0 unspecified atom stereocenters. The molecule has 0 saturated carbocycles. The molecule has 1 saturated heterocycles. The number of piperidine rings is 1. The maximum Gasteiger partial charge on any atom is 0.229 e. The molecule has 1 fully saturated rings. The maximum atomic E-state index is 8.97. The molecule has 1 aliphatic heterocycles. The quantitative estimate of drug-likeness (QED) is 0.354. The van der Waals surface area contributed by atoms with E-state index in [1.807, 2.05) is 12.1 Å². The molecule has 184 valence electrons. The molecule has 9 nitrogen and oxygen atoms in total. The van der Waals surface area contributed by atoms with Crippen LogP contribution < -0.4 is 15.5 Å². The van der Waals surface area contributed by atoms with Crippen molar-refractivity contribution in [1.29, 1.82) is 5.26 Å². The Balaban J connectivity index is 1.24. The molecule has 5 heterocycles. The topological polar surface area (TPSA) is 108 Å². The van der Waals surface area contributed by atoms with Crippen molar-refractivity contribution in [2.24, 2.45) is 5.92 Å². The van der Waals surface area contributed by atoms with Gasteiger partial charge in [0.25, 0.3) is 0 Å². The molecule has 0 aromatic carbocycles. The van der Waals surface area contributed by atoms with Gasteiger partial charge in [0.15, 0.2) is 5.82 Å². The summed E-state index contributed by atoms with van der Waals surface area (Å²) < 4.78 is 2.22. The molecular formula is C26H28ClN9. The van der Waals surface area contributed by atoms with Crippen molar-refractivity contribution in [3.63, 3.8) is 0 Å². The monoisotopic (exact) mass is 501 g/mol. The molecule has 4 aromatic heterocycles. The van der Waals surface area contributed by atoms with Crippen LogP contribution in [-0.4, -0.2) is 43.6 Å². The third kappa shape index (κ3) is 5.34. The second-order valence-electron chi connectivity index (χ2n) is 9.43. The van der Waals surface area contributed by atoms with Gasteiger partial charge in [-0.15, -0.1) is 0 Å². The van der Waals surface area contributed by atoms with Gasteiger partial charge in [-0.1, -0.05) is 25.4 Å². The molecule has 10 heteroatoms. The summed E-state index contributed by atoms with van der Waals surface area (Å²) in [6, 6.07) is 10.1. The van der Waals surface area contributed by atoms with Gasteiger partial charge in [0.1, 0.15) is 16.9 Å². The lowest BCUT2D eigenvalue weighted by atomic mass is 10.0. The molecule has 0 bridgehead atoms. The number of nitriles is 1. The van der Waals surface area contributed by atoms with E-state index in [4.69, 9.17) is 16.9 Å². The number of anilines is 4. The molecule has 2 N–H and O–H groups in total. The zero-order valence-corrected chi connectivity index (χ0v) is 21.1. The van der Waals surface area contributed by atoms with Gasteiger partial charge in [0.2, 0.25) is 5.95 Å². The van der Waals surface area contributed by atoms with E-state index in [9.17, 15) is 0 Å². The summed E-state index contributed by atoms with van der Waals surface area (Å²) in [6.45, 7) is 7.04. The average Bonchev–Trinajstić information content (AvgIpc) is 3.28. The van der Waals surface area contributed by atoms with Gasteiger partial charge in [0, 0.05) is 38.1 Å². The Morgan fingerprint density at radius 3 is 2.67 bits per heavy atom. The molecule has 4 aromatic rings. The largest absolute Gasteiger partial charge is 0.366 e. The Morgan fingerprint density at radius 2 is 1.94 bits per heavy atom. The van der Waals surface area contributed by atoms with E-state index in [1.165, 1.54) is 0 Å². The van der Waals surface area contributed by atoms with Crippen molar-refractivity contribution in [1.82, 2.24) is 24.5 Å². The summed E-state index contributed by atoms with van der Waals surface area (Å²) in [4.78, 5) is 20.2. The normalized spacial score (nSPS) is 14.2. The fourth-order valence-corrected chi connectivity index (χ4v) is 4.57. The van der Waals surface area contributed by atoms with E-state index in [0.29, 0.717) is 28.3 Å². The first-order valence-electron chi connectivity index (χ1n) is 12.1. The Bertz CT molecular complexity index is 1380. The number of halogens is 1. The lowest BCUT2D eigenvalue weighted by Crippen LogP contribution is -2.39. The van der Waals surface area contributed by atoms with Crippen LogP contribution >= 0.6 is 11.6 Å². The van der Waals surface area contributed by atoms with Crippen LogP contribution in [0, 0.1) is 17.2 Å². The van der Waals surface area contributed by atoms with Crippen molar-refractivity contribution in [3.05, 3.63) is 59.6 Å². The summed E-state index contributed by atoms with van der Waals surface area (Å²) in [5.74, 6) is 2.51. The van der Waals surface area contributed by atoms with Crippen molar-refractivity contribution in [2.75, 3.05) is 28.6 Å². The first kappa shape index (κ1) is 23.8. The highest BCUT2D eigenvalue weighted by Gasteiger charge is 2.21. The summed E-state index contributed by atoms with van der Waals surface area (Å²) in [5.41, 5.74) is 3.42. The van der Waals surface area contributed by atoms with Crippen LogP contribution in [0.3, 0.4) is 0 Å². The second kappa shape index (κ2) is 10.4. The highest BCUT2D eigenvalue weighted by Crippen LogP contribution is 2.26. The molecule has 0 aliphatic carbocycles. The lowest BCUT2D eigenvalue weighted by molar-refractivity contribution is 0.522. The van der Waals surface area contributed by atoms with Gasteiger partial charge in [-0.05, 0) is 43.0 Å². The first-order chi connectivity index (χ1) is 17.5. The molecule has 0 spiro atoms. The van der Waals surface area contributed by atoms with Crippen LogP contribution in [0.25, 0.3) is 11.0 Å². The molecular weight excluding hydrogens is 474 g/mol. The van der Waals surface area contributed by atoms with E-state index in [1.54, 1.807) is 24.7 Å². The van der Waals surface area contributed by atoms with Gasteiger partial charge in [-0.2, -0.15) is 10.2 Å². The zero-order valence-electron chi connectivity index (χ0n) is 20.3. The fourth-order valence-electron chi connectivity index (χ4n) is 4.43. The first-order valence-corrected chi connectivity index (χ1v) is 12.5. The average molecular weight is 502 g/mol. The minimum atomic E-state index is 0.234. The minimum Gasteiger partial charge on any atom is -0.366 e. The van der Waals surface area contributed by atoms with Crippen molar-refractivity contribution >= 4 is 45.9 Å². The Morgan fingerprint density at radius 1 is 1.11 bits per heavy atom. The standard InChI is InChI=1S/C26H28ClN9/c1-17(2)16-36-10-7-22-23(36)11-20(14-29-22)33-26-31-15-21(27)25(34-26)32-19-5-8-35(9-6-19)24-4-3-18(12-28)13-30-24/h3-4,7,10-11,13-15,17,19H,5-6,8-9,16H2,1-2H3,(H2,31,32,33,34). The second-order valence-corrected chi connectivity index (χ2v) is 9.84. The van der Waals surface area contributed by atoms with Gasteiger partial charge in [-0.25, -0.2) is 9.97 Å². The summed E-state index contributed by atoms with van der Waals surface area (Å²) in [7, 11) is 0. The van der Waals surface area contributed by atoms with Gasteiger partial charge in [0.05, 0.1) is 34.7 Å². The summed E-state index contributed by atoms with van der Waals surface area (Å²) in [5, 5.41) is 16.2. The van der Waals surface area contributed by atoms with Crippen molar-refractivity contribution in [2.45, 2.75) is 39.3 Å². The SMILES string of the molecule is CC(C)Cn1ccc2ncc(Nc3ncc(Cl)c(NC4CCN(c5ccc(C#N)cn5)CC4)n3)cc21. The van der Waals surface area contributed by atoms with E-state index < -0.39 is 0 Å². The number of aromatic nitrogens is 5. The molecule has 5 rings (SSSR count). The maximum absolute atomic E-state index is 8.97. The Kier molecular flexibility index (Phi) is 6.87. The predicted molar refractivity (Wildman–Crippen MR) is 143 cm³/mol. The third-order valence-electron chi connectivity index (χ3n) is 6.22. The molecule has 0 atom stereocenters. The Hall–Kier alpha value is -3.90. The highest BCUT2D eigenvalue weighted by molar-refractivity contribution is 6.32.